The van der Waals surface area contributed by atoms with Gasteiger partial charge in [0, 0.05) is 25.5 Å². The fourth-order valence-corrected chi connectivity index (χ4v) is 3.90. The third-order valence-corrected chi connectivity index (χ3v) is 6.10. The lowest BCUT2D eigenvalue weighted by molar-refractivity contribution is -0.116. The van der Waals surface area contributed by atoms with Crippen LogP contribution < -0.4 is 4.90 Å². The smallest absolute Gasteiger partial charge is 0.310 e. The quantitative estimate of drug-likeness (QED) is 0.620. The molecule has 0 aliphatic carbocycles. The summed E-state index contributed by atoms with van der Waals surface area (Å²) < 4.78 is 61.1. The molecule has 8 nitrogen and oxygen atoms in total. The van der Waals surface area contributed by atoms with Crippen LogP contribution in [0.4, 0.5) is 23.7 Å². The highest BCUT2D eigenvalue weighted by molar-refractivity contribution is 7.92. The Balaban J connectivity index is 1.82. The van der Waals surface area contributed by atoms with E-state index < -0.39 is 32.2 Å². The van der Waals surface area contributed by atoms with E-state index in [2.05, 4.69) is 4.98 Å². The maximum atomic E-state index is 12.8. The van der Waals surface area contributed by atoms with Crippen molar-refractivity contribution < 1.29 is 31.2 Å². The number of pyridine rings is 1. The second-order valence-corrected chi connectivity index (χ2v) is 9.13. The summed E-state index contributed by atoms with van der Waals surface area (Å²) in [6, 6.07) is 4.54. The van der Waals surface area contributed by atoms with Gasteiger partial charge in [-0.2, -0.15) is 13.2 Å². The predicted octanol–water partition coefficient (Wildman–Crippen LogP) is 2.41. The monoisotopic (exact) mass is 456 g/mol. The van der Waals surface area contributed by atoms with Crippen LogP contribution in [0.15, 0.2) is 47.6 Å². The predicted molar refractivity (Wildman–Crippen MR) is 105 cm³/mol. The molecule has 1 aromatic heterocycles. The van der Waals surface area contributed by atoms with Gasteiger partial charge in [0.25, 0.3) is 15.7 Å². The van der Waals surface area contributed by atoms with Crippen molar-refractivity contribution in [3.8, 4) is 0 Å². The van der Waals surface area contributed by atoms with Crippen molar-refractivity contribution in [1.82, 2.24) is 14.8 Å². The second-order valence-electron chi connectivity index (χ2n) is 7.19. The molecule has 12 heteroatoms. The Kier molecular flexibility index (Phi) is 6.05. The molecule has 0 radical (unpaired) electrons. The number of alkyl halides is 3. The number of imide groups is 1. The zero-order chi connectivity index (χ0) is 23.0. The summed E-state index contributed by atoms with van der Waals surface area (Å²) in [5.74, 6) is -0.570. The third kappa shape index (κ3) is 4.54. The molecule has 2 aromatic rings. The SMILES string of the molecule is CN(C)Cc1cnccc1CN1CC(=O)N(c2ccc(S(=O)(=O)C(F)(F)F)cc2)C1=O. The molecule has 2 heterocycles. The maximum Gasteiger partial charge on any atom is 0.501 e. The Morgan fingerprint density at radius 1 is 1.06 bits per heavy atom. The molecular weight excluding hydrogens is 437 g/mol. The number of amides is 3. The fraction of sp³-hybridized carbons (Fsp3) is 0.316. The lowest BCUT2D eigenvalue weighted by atomic mass is 10.1. The highest BCUT2D eigenvalue weighted by Crippen LogP contribution is 2.32. The number of halogens is 3. The summed E-state index contributed by atoms with van der Waals surface area (Å²) in [4.78, 5) is 32.4. The van der Waals surface area contributed by atoms with Crippen molar-refractivity contribution in [2.24, 2.45) is 0 Å². The fourth-order valence-electron chi connectivity index (χ4n) is 3.13. The van der Waals surface area contributed by atoms with Crippen LogP contribution in [0, 0.1) is 0 Å². The molecule has 3 amide bonds. The van der Waals surface area contributed by atoms with Crippen LogP contribution in [0.3, 0.4) is 0 Å². The molecule has 1 aliphatic heterocycles. The normalized spacial score (nSPS) is 15.3. The van der Waals surface area contributed by atoms with Gasteiger partial charge >= 0.3 is 11.5 Å². The Hall–Kier alpha value is -2.99. The third-order valence-electron chi connectivity index (χ3n) is 4.60. The molecule has 3 rings (SSSR count). The van der Waals surface area contributed by atoms with E-state index in [0.717, 1.165) is 40.3 Å². The molecule has 1 aliphatic rings. The first kappa shape index (κ1) is 22.7. The first-order chi connectivity index (χ1) is 14.4. The van der Waals surface area contributed by atoms with Crippen molar-refractivity contribution in [3.63, 3.8) is 0 Å². The summed E-state index contributed by atoms with van der Waals surface area (Å²) in [6.45, 7) is 0.510. The minimum absolute atomic E-state index is 0.0122. The van der Waals surface area contributed by atoms with Gasteiger partial charge in [-0.3, -0.25) is 9.78 Å². The number of urea groups is 1. The highest BCUT2D eigenvalue weighted by Gasteiger charge is 2.47. The summed E-state index contributed by atoms with van der Waals surface area (Å²) in [5.41, 5.74) is -3.77. The van der Waals surface area contributed by atoms with Crippen molar-refractivity contribution in [2.75, 3.05) is 25.5 Å². The number of benzene rings is 1. The molecule has 0 N–H and O–H groups in total. The zero-order valence-corrected chi connectivity index (χ0v) is 17.4. The van der Waals surface area contributed by atoms with Gasteiger partial charge in [-0.15, -0.1) is 0 Å². The molecule has 166 valence electrons. The second kappa shape index (κ2) is 8.27. The summed E-state index contributed by atoms with van der Waals surface area (Å²) in [6.07, 6.45) is 3.25. The Morgan fingerprint density at radius 2 is 1.71 bits per heavy atom. The van der Waals surface area contributed by atoms with E-state index in [1.165, 1.54) is 4.90 Å². The first-order valence-corrected chi connectivity index (χ1v) is 10.5. The number of aromatic nitrogens is 1. The van der Waals surface area contributed by atoms with Crippen LogP contribution in [-0.4, -0.2) is 61.3 Å². The molecule has 31 heavy (non-hydrogen) atoms. The van der Waals surface area contributed by atoms with Gasteiger partial charge in [0.2, 0.25) is 0 Å². The molecule has 1 saturated heterocycles. The topological polar surface area (TPSA) is 90.9 Å². The molecule has 0 saturated carbocycles. The lowest BCUT2D eigenvalue weighted by Crippen LogP contribution is -2.33. The van der Waals surface area contributed by atoms with Gasteiger partial charge in [0.05, 0.1) is 10.6 Å². The maximum absolute atomic E-state index is 12.8. The minimum atomic E-state index is -5.52. The van der Waals surface area contributed by atoms with E-state index in [9.17, 15) is 31.2 Å². The van der Waals surface area contributed by atoms with E-state index in [4.69, 9.17) is 0 Å². The van der Waals surface area contributed by atoms with E-state index in [1.807, 2.05) is 19.0 Å². The molecule has 0 unspecified atom stereocenters. The van der Waals surface area contributed by atoms with Crippen LogP contribution in [-0.2, 0) is 27.7 Å². The van der Waals surface area contributed by atoms with E-state index in [0.29, 0.717) is 6.54 Å². The first-order valence-electron chi connectivity index (χ1n) is 9.01. The Morgan fingerprint density at radius 3 is 2.29 bits per heavy atom. The van der Waals surface area contributed by atoms with Crippen LogP contribution in [0.25, 0.3) is 0 Å². The van der Waals surface area contributed by atoms with Gasteiger partial charge in [-0.05, 0) is 55.6 Å². The van der Waals surface area contributed by atoms with Crippen molar-refractivity contribution >= 4 is 27.5 Å². The summed E-state index contributed by atoms with van der Waals surface area (Å²) in [7, 11) is -1.76. The average molecular weight is 456 g/mol. The van der Waals surface area contributed by atoms with Gasteiger partial charge in [-0.25, -0.2) is 18.1 Å². The molecular formula is C19H19F3N4O4S. The number of anilines is 1. The highest BCUT2D eigenvalue weighted by atomic mass is 32.2. The molecule has 0 bridgehead atoms. The standard InChI is InChI=1S/C19H19F3N4O4S/c1-24(2)10-14-9-23-8-7-13(14)11-25-12-17(27)26(18(25)28)15-3-5-16(6-4-15)31(29,30)19(20,21)22/h3-9H,10-12H2,1-2H3. The number of hydrogen-bond acceptors (Lipinski definition) is 6. The van der Waals surface area contributed by atoms with E-state index in [1.54, 1.807) is 18.5 Å². The number of rotatable bonds is 6. The van der Waals surface area contributed by atoms with Crippen molar-refractivity contribution in [2.45, 2.75) is 23.5 Å². The van der Waals surface area contributed by atoms with Crippen molar-refractivity contribution in [3.05, 3.63) is 53.9 Å². The number of carbonyl (C=O) groups excluding carboxylic acids is 2. The Bertz CT molecular complexity index is 1100. The number of hydrogen-bond donors (Lipinski definition) is 0. The zero-order valence-electron chi connectivity index (χ0n) is 16.6. The summed E-state index contributed by atoms with van der Waals surface area (Å²) >= 11 is 0. The van der Waals surface area contributed by atoms with Crippen LogP contribution in [0.5, 0.6) is 0 Å². The summed E-state index contributed by atoms with van der Waals surface area (Å²) in [5, 5.41) is 0. The van der Waals surface area contributed by atoms with Crippen LogP contribution in [0.1, 0.15) is 11.1 Å². The largest absolute Gasteiger partial charge is 0.501 e. The van der Waals surface area contributed by atoms with Gasteiger partial charge in [0.15, 0.2) is 0 Å². The number of sulfone groups is 1. The minimum Gasteiger partial charge on any atom is -0.310 e. The van der Waals surface area contributed by atoms with Crippen LogP contribution >= 0.6 is 0 Å². The molecule has 0 spiro atoms. The van der Waals surface area contributed by atoms with Gasteiger partial charge in [-0.1, -0.05) is 0 Å². The van der Waals surface area contributed by atoms with Gasteiger partial charge in [0.1, 0.15) is 6.54 Å². The van der Waals surface area contributed by atoms with E-state index >= 15 is 0 Å². The van der Waals surface area contributed by atoms with Crippen LogP contribution in [0.2, 0.25) is 0 Å². The molecule has 1 aromatic carbocycles. The average Bonchev–Trinajstić information content (AvgIpc) is 2.95. The van der Waals surface area contributed by atoms with Gasteiger partial charge < -0.3 is 9.80 Å². The number of carbonyl (C=O) groups is 2. The number of nitrogens with zero attached hydrogens (tertiary/aromatic N) is 4. The van der Waals surface area contributed by atoms with E-state index in [-0.39, 0.29) is 18.8 Å². The lowest BCUT2D eigenvalue weighted by Gasteiger charge is -2.20. The Labute approximate surface area is 176 Å². The molecule has 1 fully saturated rings. The van der Waals surface area contributed by atoms with Crippen molar-refractivity contribution in [1.29, 1.82) is 0 Å². The molecule has 0 atom stereocenters.